The third-order valence-corrected chi connectivity index (χ3v) is 2.06. The van der Waals surface area contributed by atoms with Gasteiger partial charge in [-0.25, -0.2) is 4.57 Å². The van der Waals surface area contributed by atoms with Crippen LogP contribution in [0.15, 0.2) is 47.7 Å². The number of allylic oxidation sites excluding steroid dienone is 4. The van der Waals surface area contributed by atoms with E-state index >= 15 is 0 Å². The van der Waals surface area contributed by atoms with Crippen LogP contribution in [0, 0.1) is 0 Å². The fourth-order valence-electron chi connectivity index (χ4n) is 1.28. The Hall–Kier alpha value is -1.70. The van der Waals surface area contributed by atoms with Crippen molar-refractivity contribution in [3.63, 3.8) is 0 Å². The molecule has 0 fully saturated rings. The van der Waals surface area contributed by atoms with Gasteiger partial charge < -0.3 is 0 Å². The third-order valence-electron chi connectivity index (χ3n) is 2.06. The third kappa shape index (κ3) is 3.50. The molecular formula is C13H17N2+. The molecule has 0 saturated carbocycles. The molecule has 2 heteroatoms. The minimum atomic E-state index is 1.17. The van der Waals surface area contributed by atoms with Gasteiger partial charge in [-0.3, -0.25) is 4.99 Å². The highest BCUT2D eigenvalue weighted by Crippen LogP contribution is 2.13. The number of hydrogen-bond donors (Lipinski definition) is 0. The lowest BCUT2D eigenvalue weighted by atomic mass is 10.1. The van der Waals surface area contributed by atoms with Gasteiger partial charge in [0, 0.05) is 25.4 Å². The van der Waals surface area contributed by atoms with Gasteiger partial charge in [0.05, 0.1) is 0 Å². The molecule has 0 aliphatic rings. The summed E-state index contributed by atoms with van der Waals surface area (Å²) in [5, 5.41) is 0. The van der Waals surface area contributed by atoms with E-state index in [9.17, 15) is 0 Å². The van der Waals surface area contributed by atoms with E-state index < -0.39 is 0 Å². The van der Waals surface area contributed by atoms with E-state index in [-0.39, 0.29) is 0 Å². The van der Waals surface area contributed by atoms with Crippen LogP contribution in [0.3, 0.4) is 0 Å². The van der Waals surface area contributed by atoms with Crippen molar-refractivity contribution in [3.8, 4) is 0 Å². The Morgan fingerprint density at radius 1 is 1.33 bits per heavy atom. The molecule has 0 saturated heterocycles. The number of aromatic nitrogens is 1. The Labute approximate surface area is 91.3 Å². The number of nitrogens with zero attached hydrogens (tertiary/aromatic N) is 2. The van der Waals surface area contributed by atoms with Crippen molar-refractivity contribution in [2.45, 2.75) is 6.92 Å². The van der Waals surface area contributed by atoms with Crippen LogP contribution in [0.1, 0.15) is 12.5 Å². The van der Waals surface area contributed by atoms with Crippen LogP contribution < -0.4 is 4.57 Å². The van der Waals surface area contributed by atoms with Crippen molar-refractivity contribution in [1.82, 2.24) is 0 Å². The topological polar surface area (TPSA) is 16.2 Å². The Kier molecular flexibility index (Phi) is 4.48. The summed E-state index contributed by atoms with van der Waals surface area (Å²) >= 11 is 0. The second-order valence-corrected chi connectivity index (χ2v) is 3.28. The highest BCUT2D eigenvalue weighted by atomic mass is 14.9. The first-order chi connectivity index (χ1) is 7.27. The molecule has 0 aromatic carbocycles. The first-order valence-corrected chi connectivity index (χ1v) is 4.98. The Bertz CT molecular complexity index is 384. The molecule has 0 aliphatic carbocycles. The van der Waals surface area contributed by atoms with Gasteiger partial charge in [-0.05, 0) is 24.1 Å². The number of hydrogen-bond acceptors (Lipinski definition) is 1. The molecule has 0 amide bonds. The fraction of sp³-hybridized carbons (Fsp3) is 0.231. The molecule has 0 radical (unpaired) electrons. The molecule has 0 spiro atoms. The lowest BCUT2D eigenvalue weighted by molar-refractivity contribution is -0.671. The van der Waals surface area contributed by atoms with E-state index in [1.165, 1.54) is 11.1 Å². The number of pyridine rings is 1. The van der Waals surface area contributed by atoms with E-state index in [0.29, 0.717) is 0 Å². The van der Waals surface area contributed by atoms with Crippen LogP contribution in [0.2, 0.25) is 0 Å². The Balaban J connectivity index is 3.04. The molecule has 2 nitrogen and oxygen atoms in total. The number of aryl methyl sites for hydroxylation is 1. The SMILES string of the molecule is C\C=C/C(=C\C=N\C)c1cc[n+](C)cc1. The molecule has 0 bridgehead atoms. The van der Waals surface area contributed by atoms with Gasteiger partial charge in [-0.1, -0.05) is 12.2 Å². The summed E-state index contributed by atoms with van der Waals surface area (Å²) in [4.78, 5) is 3.96. The molecule has 1 aromatic rings. The molecule has 1 aromatic heterocycles. The zero-order chi connectivity index (χ0) is 11.1. The van der Waals surface area contributed by atoms with Crippen LogP contribution in [-0.4, -0.2) is 13.3 Å². The molecule has 1 rings (SSSR count). The van der Waals surface area contributed by atoms with E-state index in [4.69, 9.17) is 0 Å². The molecule has 0 unspecified atom stereocenters. The standard InChI is InChI=1S/C13H17N2/c1-4-5-12(6-9-14-2)13-7-10-15(3)11-8-13/h4-11H,1-3H3/q+1/b5-4-,12-6+,14-9+. The van der Waals surface area contributed by atoms with E-state index in [1.807, 2.05) is 49.3 Å². The smallest absolute Gasteiger partial charge is 0.169 e. The maximum atomic E-state index is 3.96. The van der Waals surface area contributed by atoms with Crippen LogP contribution in [0.5, 0.6) is 0 Å². The maximum absolute atomic E-state index is 3.96. The molecule has 0 N–H and O–H groups in total. The molecule has 15 heavy (non-hydrogen) atoms. The fourth-order valence-corrected chi connectivity index (χ4v) is 1.28. The van der Waals surface area contributed by atoms with Crippen LogP contribution in [-0.2, 0) is 7.05 Å². The van der Waals surface area contributed by atoms with Crippen molar-refractivity contribution in [1.29, 1.82) is 0 Å². The van der Waals surface area contributed by atoms with Crippen molar-refractivity contribution in [2.75, 3.05) is 7.05 Å². The minimum Gasteiger partial charge on any atom is -0.296 e. The first kappa shape index (κ1) is 11.4. The zero-order valence-electron chi connectivity index (χ0n) is 9.51. The zero-order valence-corrected chi connectivity index (χ0v) is 9.51. The molecule has 0 aliphatic heterocycles. The highest BCUT2D eigenvalue weighted by molar-refractivity contribution is 5.88. The predicted octanol–water partition coefficient (Wildman–Crippen LogP) is 2.17. The lowest BCUT2D eigenvalue weighted by Gasteiger charge is -1.99. The van der Waals surface area contributed by atoms with E-state index in [0.717, 1.165) is 0 Å². The molecule has 78 valence electrons. The molecule has 1 heterocycles. The van der Waals surface area contributed by atoms with Gasteiger partial charge in [0.2, 0.25) is 0 Å². The number of rotatable bonds is 3. The van der Waals surface area contributed by atoms with Crippen LogP contribution >= 0.6 is 0 Å². The van der Waals surface area contributed by atoms with Crippen LogP contribution in [0.25, 0.3) is 5.57 Å². The van der Waals surface area contributed by atoms with Gasteiger partial charge in [-0.15, -0.1) is 0 Å². The normalized spacial score (nSPS) is 12.9. The average Bonchev–Trinajstić information content (AvgIpc) is 2.25. The first-order valence-electron chi connectivity index (χ1n) is 4.98. The van der Waals surface area contributed by atoms with Gasteiger partial charge in [0.15, 0.2) is 12.4 Å². The summed E-state index contributed by atoms with van der Waals surface area (Å²) in [5.41, 5.74) is 2.37. The van der Waals surface area contributed by atoms with Crippen molar-refractivity contribution >= 4 is 11.8 Å². The summed E-state index contributed by atoms with van der Waals surface area (Å²) in [5.74, 6) is 0. The minimum absolute atomic E-state index is 1.17. The summed E-state index contributed by atoms with van der Waals surface area (Å²) in [6.45, 7) is 2.01. The predicted molar refractivity (Wildman–Crippen MR) is 64.8 cm³/mol. The van der Waals surface area contributed by atoms with Crippen molar-refractivity contribution in [3.05, 3.63) is 48.3 Å². The second kappa shape index (κ2) is 5.91. The summed E-state index contributed by atoms with van der Waals surface area (Å²) < 4.78 is 2.02. The monoisotopic (exact) mass is 201 g/mol. The number of aliphatic imine (C=N–C) groups is 1. The maximum Gasteiger partial charge on any atom is 0.169 e. The Morgan fingerprint density at radius 2 is 2.00 bits per heavy atom. The Morgan fingerprint density at radius 3 is 2.53 bits per heavy atom. The van der Waals surface area contributed by atoms with Gasteiger partial charge >= 0.3 is 0 Å². The van der Waals surface area contributed by atoms with Crippen molar-refractivity contribution < 1.29 is 4.57 Å². The van der Waals surface area contributed by atoms with Crippen molar-refractivity contribution in [2.24, 2.45) is 12.0 Å². The second-order valence-electron chi connectivity index (χ2n) is 3.28. The largest absolute Gasteiger partial charge is 0.296 e. The highest BCUT2D eigenvalue weighted by Gasteiger charge is 1.98. The van der Waals surface area contributed by atoms with E-state index in [1.54, 1.807) is 7.05 Å². The summed E-state index contributed by atoms with van der Waals surface area (Å²) in [7, 11) is 3.78. The summed E-state index contributed by atoms with van der Waals surface area (Å²) in [6, 6.07) is 4.19. The quantitative estimate of drug-likeness (QED) is 0.405. The van der Waals surface area contributed by atoms with Crippen LogP contribution in [0.4, 0.5) is 0 Å². The summed E-state index contributed by atoms with van der Waals surface area (Å²) in [6.07, 6.45) is 12.0. The average molecular weight is 201 g/mol. The molecular weight excluding hydrogens is 184 g/mol. The van der Waals surface area contributed by atoms with E-state index in [2.05, 4.69) is 23.2 Å². The van der Waals surface area contributed by atoms with Gasteiger partial charge in [-0.2, -0.15) is 0 Å². The lowest BCUT2D eigenvalue weighted by Crippen LogP contribution is -2.25. The van der Waals surface area contributed by atoms with Gasteiger partial charge in [0.25, 0.3) is 0 Å². The van der Waals surface area contributed by atoms with Gasteiger partial charge in [0.1, 0.15) is 7.05 Å². The molecule has 0 atom stereocenters.